The van der Waals surface area contributed by atoms with Crippen LogP contribution in [0.15, 0.2) is 0 Å². The number of carbonyl (C=O) groups excluding carboxylic acids is 1. The lowest BCUT2D eigenvalue weighted by atomic mass is 10.1. The Bertz CT molecular complexity index is 290. The Morgan fingerprint density at radius 2 is 1.84 bits per heavy atom. The number of likely N-dealkylation sites (tertiary alicyclic amines) is 1. The lowest BCUT2D eigenvalue weighted by Crippen LogP contribution is -2.44. The van der Waals surface area contributed by atoms with Crippen LogP contribution in [-0.4, -0.2) is 85.2 Å². The summed E-state index contributed by atoms with van der Waals surface area (Å²) in [6.45, 7) is 7.60. The summed E-state index contributed by atoms with van der Waals surface area (Å²) < 4.78 is 0. The lowest BCUT2D eigenvalue weighted by molar-refractivity contribution is -0.127. The summed E-state index contributed by atoms with van der Waals surface area (Å²) in [4.78, 5) is 18.5. The molecule has 0 saturated carbocycles. The molecule has 1 atom stereocenters. The molecule has 5 heteroatoms. The van der Waals surface area contributed by atoms with E-state index in [0.717, 1.165) is 32.5 Å². The van der Waals surface area contributed by atoms with Gasteiger partial charge < -0.3 is 19.8 Å². The van der Waals surface area contributed by atoms with E-state index in [4.69, 9.17) is 5.11 Å². The van der Waals surface area contributed by atoms with Gasteiger partial charge in [-0.2, -0.15) is 0 Å². The van der Waals surface area contributed by atoms with Crippen LogP contribution in [0.5, 0.6) is 0 Å². The van der Waals surface area contributed by atoms with E-state index in [0.29, 0.717) is 6.42 Å². The second-order valence-corrected chi connectivity index (χ2v) is 5.94. The molecule has 1 unspecified atom stereocenters. The van der Waals surface area contributed by atoms with Crippen LogP contribution in [0.1, 0.15) is 19.3 Å². The van der Waals surface area contributed by atoms with Gasteiger partial charge in [-0.05, 0) is 26.4 Å². The molecule has 0 aromatic rings. The van der Waals surface area contributed by atoms with Crippen molar-refractivity contribution in [1.29, 1.82) is 0 Å². The quantitative estimate of drug-likeness (QED) is 0.682. The van der Waals surface area contributed by atoms with E-state index < -0.39 is 0 Å². The molecule has 1 N–H and O–H groups in total. The maximum absolute atomic E-state index is 11.7. The van der Waals surface area contributed by atoms with E-state index in [-0.39, 0.29) is 18.4 Å². The van der Waals surface area contributed by atoms with E-state index in [2.05, 4.69) is 16.8 Å². The van der Waals surface area contributed by atoms with Crippen LogP contribution >= 0.6 is 0 Å². The van der Waals surface area contributed by atoms with Crippen molar-refractivity contribution >= 4 is 5.91 Å². The number of carbonyl (C=O) groups is 1. The number of aliphatic hydroxyl groups is 1. The molecule has 0 aromatic carbocycles. The summed E-state index contributed by atoms with van der Waals surface area (Å²) in [6, 6.07) is 0. The standard InChI is InChI=1S/C14H27N3O2/c1-15-6-8-16(9-7-15)4-2-3-5-17-11-13(12-18)10-14(17)19/h13,18H,2-12H2,1H3. The van der Waals surface area contributed by atoms with Gasteiger partial charge >= 0.3 is 0 Å². The maximum Gasteiger partial charge on any atom is 0.223 e. The van der Waals surface area contributed by atoms with Crippen LogP contribution in [-0.2, 0) is 4.79 Å². The highest BCUT2D eigenvalue weighted by Gasteiger charge is 2.28. The lowest BCUT2D eigenvalue weighted by Gasteiger charge is -2.32. The van der Waals surface area contributed by atoms with Crippen molar-refractivity contribution in [2.75, 3.05) is 59.5 Å². The molecule has 5 nitrogen and oxygen atoms in total. The number of hydrogen-bond acceptors (Lipinski definition) is 4. The first-order valence-electron chi connectivity index (χ1n) is 7.48. The monoisotopic (exact) mass is 269 g/mol. The number of hydrogen-bond donors (Lipinski definition) is 1. The third-order valence-electron chi connectivity index (χ3n) is 4.30. The summed E-state index contributed by atoms with van der Waals surface area (Å²) in [5, 5.41) is 9.08. The second-order valence-electron chi connectivity index (χ2n) is 5.94. The highest BCUT2D eigenvalue weighted by atomic mass is 16.3. The summed E-state index contributed by atoms with van der Waals surface area (Å²) in [5.41, 5.74) is 0. The minimum absolute atomic E-state index is 0.142. The number of amides is 1. The average molecular weight is 269 g/mol. The highest BCUT2D eigenvalue weighted by molar-refractivity contribution is 5.78. The number of nitrogens with zero attached hydrogens (tertiary/aromatic N) is 3. The Balaban J connectivity index is 1.56. The topological polar surface area (TPSA) is 47.0 Å². The minimum Gasteiger partial charge on any atom is -0.396 e. The normalized spacial score (nSPS) is 26.3. The summed E-state index contributed by atoms with van der Waals surface area (Å²) in [7, 11) is 2.17. The molecule has 110 valence electrons. The minimum atomic E-state index is 0.142. The first-order valence-corrected chi connectivity index (χ1v) is 7.48. The largest absolute Gasteiger partial charge is 0.396 e. The van der Waals surface area contributed by atoms with Gasteiger partial charge in [0.1, 0.15) is 0 Å². The first kappa shape index (κ1) is 14.8. The molecule has 0 spiro atoms. The van der Waals surface area contributed by atoms with Crippen molar-refractivity contribution in [2.45, 2.75) is 19.3 Å². The van der Waals surface area contributed by atoms with Crippen molar-refractivity contribution in [3.05, 3.63) is 0 Å². The van der Waals surface area contributed by atoms with Crippen LogP contribution in [0.4, 0.5) is 0 Å². The molecule has 2 aliphatic heterocycles. The van der Waals surface area contributed by atoms with Crippen LogP contribution < -0.4 is 0 Å². The predicted molar refractivity (Wildman–Crippen MR) is 74.9 cm³/mol. The van der Waals surface area contributed by atoms with E-state index in [1.54, 1.807) is 0 Å². The molecule has 0 aliphatic carbocycles. The molecule has 2 fully saturated rings. The summed E-state index contributed by atoms with van der Waals surface area (Å²) in [6.07, 6.45) is 2.78. The van der Waals surface area contributed by atoms with Gasteiger partial charge in [-0.25, -0.2) is 0 Å². The molecule has 19 heavy (non-hydrogen) atoms. The predicted octanol–water partition coefficient (Wildman–Crippen LogP) is -0.145. The van der Waals surface area contributed by atoms with Gasteiger partial charge in [0.15, 0.2) is 0 Å². The van der Waals surface area contributed by atoms with Crippen molar-refractivity contribution < 1.29 is 9.90 Å². The fourth-order valence-electron chi connectivity index (χ4n) is 2.90. The van der Waals surface area contributed by atoms with Gasteiger partial charge in [0.25, 0.3) is 0 Å². The average Bonchev–Trinajstić information content (AvgIpc) is 2.77. The molecule has 2 saturated heterocycles. The Labute approximate surface area is 116 Å². The molecule has 0 bridgehead atoms. The Morgan fingerprint density at radius 3 is 2.47 bits per heavy atom. The van der Waals surface area contributed by atoms with Crippen molar-refractivity contribution in [3.63, 3.8) is 0 Å². The smallest absolute Gasteiger partial charge is 0.223 e. The fraction of sp³-hybridized carbons (Fsp3) is 0.929. The first-order chi connectivity index (χ1) is 9.19. The number of unbranched alkanes of at least 4 members (excludes halogenated alkanes) is 1. The van der Waals surface area contributed by atoms with Gasteiger partial charge in [0.05, 0.1) is 0 Å². The van der Waals surface area contributed by atoms with Crippen molar-refractivity contribution in [2.24, 2.45) is 5.92 Å². The molecular formula is C14H27N3O2. The van der Waals surface area contributed by atoms with E-state index in [1.807, 2.05) is 4.90 Å². The zero-order chi connectivity index (χ0) is 13.7. The molecule has 1 amide bonds. The number of aliphatic hydroxyl groups excluding tert-OH is 1. The summed E-state index contributed by atoms with van der Waals surface area (Å²) in [5.74, 6) is 0.392. The molecule has 0 aromatic heterocycles. The van der Waals surface area contributed by atoms with E-state index >= 15 is 0 Å². The van der Waals surface area contributed by atoms with Gasteiger partial charge in [-0.1, -0.05) is 0 Å². The van der Waals surface area contributed by atoms with Gasteiger partial charge in [-0.15, -0.1) is 0 Å². The number of rotatable bonds is 6. The van der Waals surface area contributed by atoms with Gasteiger partial charge in [0, 0.05) is 58.2 Å². The number of piperazine rings is 1. The third-order valence-corrected chi connectivity index (χ3v) is 4.30. The van der Waals surface area contributed by atoms with Crippen LogP contribution in [0.25, 0.3) is 0 Å². The Hall–Kier alpha value is -0.650. The van der Waals surface area contributed by atoms with Gasteiger partial charge in [-0.3, -0.25) is 4.79 Å². The molecular weight excluding hydrogens is 242 g/mol. The van der Waals surface area contributed by atoms with E-state index in [9.17, 15) is 4.79 Å². The Morgan fingerprint density at radius 1 is 1.16 bits per heavy atom. The number of likely N-dealkylation sites (N-methyl/N-ethyl adjacent to an activating group) is 1. The summed E-state index contributed by atoms with van der Waals surface area (Å²) >= 11 is 0. The second kappa shape index (κ2) is 7.22. The maximum atomic E-state index is 11.7. The van der Waals surface area contributed by atoms with Gasteiger partial charge in [0.2, 0.25) is 5.91 Å². The SMILES string of the molecule is CN1CCN(CCCCN2CC(CO)CC2=O)CC1. The van der Waals surface area contributed by atoms with Crippen LogP contribution in [0.3, 0.4) is 0 Å². The molecule has 2 heterocycles. The van der Waals surface area contributed by atoms with Crippen LogP contribution in [0, 0.1) is 5.92 Å². The zero-order valence-corrected chi connectivity index (χ0v) is 12.1. The fourth-order valence-corrected chi connectivity index (χ4v) is 2.90. The molecule has 2 aliphatic rings. The van der Waals surface area contributed by atoms with E-state index in [1.165, 1.54) is 26.2 Å². The van der Waals surface area contributed by atoms with Crippen molar-refractivity contribution in [3.8, 4) is 0 Å². The van der Waals surface area contributed by atoms with Crippen LogP contribution in [0.2, 0.25) is 0 Å². The van der Waals surface area contributed by atoms with Crippen molar-refractivity contribution in [1.82, 2.24) is 14.7 Å². The molecule has 2 rings (SSSR count). The third kappa shape index (κ3) is 4.44. The highest BCUT2D eigenvalue weighted by Crippen LogP contribution is 2.17. The molecule has 0 radical (unpaired) electrons. The zero-order valence-electron chi connectivity index (χ0n) is 12.1. The Kier molecular flexibility index (Phi) is 5.60.